The van der Waals surface area contributed by atoms with Crippen LogP contribution in [0.4, 0.5) is 4.39 Å². The summed E-state index contributed by atoms with van der Waals surface area (Å²) in [5.41, 5.74) is 4.94. The van der Waals surface area contributed by atoms with Crippen LogP contribution in [0, 0.1) is 5.82 Å². The summed E-state index contributed by atoms with van der Waals surface area (Å²) in [6, 6.07) is 15.5. The minimum Gasteiger partial charge on any atom is -0.267 e. The van der Waals surface area contributed by atoms with Gasteiger partial charge in [0.1, 0.15) is 5.82 Å². The van der Waals surface area contributed by atoms with Crippen molar-refractivity contribution in [3.05, 3.63) is 71.5 Å². The van der Waals surface area contributed by atoms with Crippen LogP contribution in [0.2, 0.25) is 0 Å². The number of halogens is 1. The number of hydrogen-bond donors (Lipinski definition) is 1. The van der Waals surface area contributed by atoms with E-state index in [1.807, 2.05) is 25.1 Å². The predicted molar refractivity (Wildman–Crippen MR) is 81.7 cm³/mol. The molecule has 0 saturated carbocycles. The molecule has 0 spiro atoms. The second-order valence-corrected chi connectivity index (χ2v) is 4.78. The zero-order valence-corrected chi connectivity index (χ0v) is 11.8. The number of rotatable bonds is 5. The van der Waals surface area contributed by atoms with Crippen LogP contribution in [0.25, 0.3) is 0 Å². The monoisotopic (exact) mass is 284 g/mol. The molecule has 3 nitrogen and oxygen atoms in total. The van der Waals surface area contributed by atoms with Crippen molar-refractivity contribution in [1.29, 1.82) is 0 Å². The number of amides is 1. The molecule has 108 valence electrons. The standard InChI is InChI=1S/C17H17FN2O/c1-13(7-8-14-5-3-2-4-6-14)19-20-17(21)15-9-11-16(18)12-10-15/h2-6,9-12H,7-8H2,1H3,(H,20,21)/b19-13-. The highest BCUT2D eigenvalue weighted by Crippen LogP contribution is 2.04. The molecule has 1 N–H and O–H groups in total. The summed E-state index contributed by atoms with van der Waals surface area (Å²) in [4.78, 5) is 11.8. The first-order valence-corrected chi connectivity index (χ1v) is 6.78. The first-order chi connectivity index (χ1) is 10.1. The largest absolute Gasteiger partial charge is 0.271 e. The maximum absolute atomic E-state index is 12.8. The second kappa shape index (κ2) is 7.33. The average Bonchev–Trinajstić information content (AvgIpc) is 2.52. The Labute approximate surface area is 123 Å². The van der Waals surface area contributed by atoms with Gasteiger partial charge in [-0.15, -0.1) is 0 Å². The first-order valence-electron chi connectivity index (χ1n) is 6.78. The molecule has 2 aromatic rings. The van der Waals surface area contributed by atoms with Crippen molar-refractivity contribution in [3.63, 3.8) is 0 Å². The van der Waals surface area contributed by atoms with Gasteiger partial charge in [-0.3, -0.25) is 4.79 Å². The average molecular weight is 284 g/mol. The lowest BCUT2D eigenvalue weighted by atomic mass is 10.1. The van der Waals surface area contributed by atoms with Crippen molar-refractivity contribution in [3.8, 4) is 0 Å². The molecular formula is C17H17FN2O. The summed E-state index contributed by atoms with van der Waals surface area (Å²) >= 11 is 0. The molecule has 4 heteroatoms. The molecule has 1 amide bonds. The third-order valence-corrected chi connectivity index (χ3v) is 3.07. The Hall–Kier alpha value is -2.49. The van der Waals surface area contributed by atoms with Crippen LogP contribution in [0.3, 0.4) is 0 Å². The van der Waals surface area contributed by atoms with Gasteiger partial charge in [-0.2, -0.15) is 5.10 Å². The number of carbonyl (C=O) groups excluding carboxylic acids is 1. The topological polar surface area (TPSA) is 41.5 Å². The summed E-state index contributed by atoms with van der Waals surface area (Å²) in [5.74, 6) is -0.705. The number of hydrogen-bond acceptors (Lipinski definition) is 2. The Morgan fingerprint density at radius 2 is 1.76 bits per heavy atom. The second-order valence-electron chi connectivity index (χ2n) is 4.78. The molecule has 0 atom stereocenters. The van der Waals surface area contributed by atoms with Crippen molar-refractivity contribution >= 4 is 11.6 Å². The summed E-state index contributed by atoms with van der Waals surface area (Å²) in [6.45, 7) is 1.87. The van der Waals surface area contributed by atoms with Crippen molar-refractivity contribution in [2.45, 2.75) is 19.8 Å². The molecule has 2 rings (SSSR count). The van der Waals surface area contributed by atoms with Gasteiger partial charge < -0.3 is 0 Å². The van der Waals surface area contributed by atoms with Crippen LogP contribution in [0.1, 0.15) is 29.3 Å². The Bertz CT molecular complexity index is 621. The van der Waals surface area contributed by atoms with Crippen LogP contribution in [0.5, 0.6) is 0 Å². The summed E-state index contributed by atoms with van der Waals surface area (Å²) in [5, 5.41) is 4.06. The number of hydrazone groups is 1. The molecule has 0 aromatic heterocycles. The normalized spacial score (nSPS) is 11.2. The van der Waals surface area contributed by atoms with Gasteiger partial charge >= 0.3 is 0 Å². The quantitative estimate of drug-likeness (QED) is 0.662. The summed E-state index contributed by atoms with van der Waals surface area (Å²) < 4.78 is 12.8. The first kappa shape index (κ1) is 14.9. The van der Waals surface area contributed by atoms with E-state index in [0.29, 0.717) is 5.56 Å². The zero-order valence-electron chi connectivity index (χ0n) is 11.8. The van der Waals surface area contributed by atoms with E-state index >= 15 is 0 Å². The molecule has 0 bridgehead atoms. The fraction of sp³-hybridized carbons (Fsp3) is 0.176. The van der Waals surface area contributed by atoms with Gasteiger partial charge in [-0.1, -0.05) is 30.3 Å². The van der Waals surface area contributed by atoms with Gasteiger partial charge in [-0.05, 0) is 49.6 Å². The van der Waals surface area contributed by atoms with Gasteiger partial charge in [0.25, 0.3) is 5.91 Å². The predicted octanol–water partition coefficient (Wildman–Crippen LogP) is 3.56. The molecular weight excluding hydrogens is 267 g/mol. The molecule has 0 aliphatic carbocycles. The number of nitrogens with zero attached hydrogens (tertiary/aromatic N) is 1. The number of nitrogens with one attached hydrogen (secondary N) is 1. The fourth-order valence-electron chi connectivity index (χ4n) is 1.84. The maximum atomic E-state index is 12.8. The van der Waals surface area contributed by atoms with Crippen LogP contribution in [0.15, 0.2) is 59.7 Å². The smallest absolute Gasteiger partial charge is 0.267 e. The minimum absolute atomic E-state index is 0.339. The van der Waals surface area contributed by atoms with E-state index in [1.54, 1.807) is 0 Å². The lowest BCUT2D eigenvalue weighted by Gasteiger charge is -2.03. The van der Waals surface area contributed by atoms with Gasteiger partial charge in [0.2, 0.25) is 0 Å². The Kier molecular flexibility index (Phi) is 5.21. The SMILES string of the molecule is C/C(CCc1ccccc1)=N/NC(=O)c1ccc(F)cc1. The van der Waals surface area contributed by atoms with Gasteiger partial charge in [0, 0.05) is 11.3 Å². The van der Waals surface area contributed by atoms with Crippen molar-refractivity contribution in [2.75, 3.05) is 0 Å². The van der Waals surface area contributed by atoms with E-state index < -0.39 is 0 Å². The van der Waals surface area contributed by atoms with Gasteiger partial charge in [-0.25, -0.2) is 9.82 Å². The van der Waals surface area contributed by atoms with Gasteiger partial charge in [0.05, 0.1) is 0 Å². The molecule has 0 fully saturated rings. The third kappa shape index (κ3) is 4.84. The van der Waals surface area contributed by atoms with Crippen molar-refractivity contribution in [1.82, 2.24) is 5.43 Å². The highest BCUT2D eigenvalue weighted by Gasteiger charge is 2.04. The molecule has 0 unspecified atom stereocenters. The molecule has 0 aliphatic heterocycles. The third-order valence-electron chi connectivity index (χ3n) is 3.07. The lowest BCUT2D eigenvalue weighted by Crippen LogP contribution is -2.19. The van der Waals surface area contributed by atoms with Crippen LogP contribution < -0.4 is 5.43 Å². The Morgan fingerprint density at radius 3 is 2.43 bits per heavy atom. The lowest BCUT2D eigenvalue weighted by molar-refractivity contribution is 0.0954. The van der Waals surface area contributed by atoms with E-state index in [2.05, 4.69) is 22.7 Å². The molecule has 0 aliphatic rings. The molecule has 2 aromatic carbocycles. The van der Waals surface area contributed by atoms with E-state index in [-0.39, 0.29) is 11.7 Å². The summed E-state index contributed by atoms with van der Waals surface area (Å²) in [7, 11) is 0. The Balaban J connectivity index is 1.85. The highest BCUT2D eigenvalue weighted by atomic mass is 19.1. The van der Waals surface area contributed by atoms with E-state index in [4.69, 9.17) is 0 Å². The van der Waals surface area contributed by atoms with E-state index in [0.717, 1.165) is 18.6 Å². The Morgan fingerprint density at radius 1 is 1.10 bits per heavy atom. The van der Waals surface area contributed by atoms with Crippen LogP contribution >= 0.6 is 0 Å². The minimum atomic E-state index is -0.367. The van der Waals surface area contributed by atoms with Crippen LogP contribution in [-0.4, -0.2) is 11.6 Å². The maximum Gasteiger partial charge on any atom is 0.271 e. The molecule has 0 heterocycles. The highest BCUT2D eigenvalue weighted by molar-refractivity contribution is 5.95. The van der Waals surface area contributed by atoms with E-state index in [1.165, 1.54) is 29.8 Å². The van der Waals surface area contributed by atoms with Gasteiger partial charge in [0.15, 0.2) is 0 Å². The van der Waals surface area contributed by atoms with E-state index in [9.17, 15) is 9.18 Å². The summed E-state index contributed by atoms with van der Waals surface area (Å²) in [6.07, 6.45) is 1.65. The van der Waals surface area contributed by atoms with Crippen molar-refractivity contribution < 1.29 is 9.18 Å². The van der Waals surface area contributed by atoms with Crippen molar-refractivity contribution in [2.24, 2.45) is 5.10 Å². The number of benzene rings is 2. The zero-order chi connectivity index (χ0) is 15.1. The molecule has 0 saturated heterocycles. The molecule has 0 radical (unpaired) electrons. The van der Waals surface area contributed by atoms with Crippen LogP contribution in [-0.2, 0) is 6.42 Å². The molecule has 21 heavy (non-hydrogen) atoms. The number of aryl methyl sites for hydroxylation is 1. The fourth-order valence-corrected chi connectivity index (χ4v) is 1.84. The number of carbonyl (C=O) groups is 1.